The van der Waals surface area contributed by atoms with Gasteiger partial charge in [0.2, 0.25) is 5.91 Å². The number of halogens is 2. The van der Waals surface area contributed by atoms with Gasteiger partial charge in [-0.25, -0.2) is 17.2 Å². The molecule has 0 aromatic carbocycles. The largest absolute Gasteiger partial charge is 0.395 e. The van der Waals surface area contributed by atoms with E-state index in [1.807, 2.05) is 0 Å². The minimum absolute atomic E-state index is 0.0209. The van der Waals surface area contributed by atoms with E-state index in [2.05, 4.69) is 0 Å². The summed E-state index contributed by atoms with van der Waals surface area (Å²) >= 11 is 0. The van der Waals surface area contributed by atoms with Gasteiger partial charge in [-0.2, -0.15) is 0 Å². The van der Waals surface area contributed by atoms with Crippen molar-refractivity contribution in [2.45, 2.75) is 18.9 Å². The molecule has 1 N–H and O–H groups in total. The maximum absolute atomic E-state index is 12.3. The molecule has 0 aromatic rings. The lowest BCUT2D eigenvalue weighted by Gasteiger charge is -2.27. The maximum atomic E-state index is 12.3. The van der Waals surface area contributed by atoms with Crippen LogP contribution in [0, 0.1) is 0 Å². The van der Waals surface area contributed by atoms with Gasteiger partial charge in [-0.15, -0.1) is 0 Å². The van der Waals surface area contributed by atoms with Crippen molar-refractivity contribution in [3.63, 3.8) is 0 Å². The predicted molar refractivity (Wildman–Crippen MR) is 69.4 cm³/mol. The van der Waals surface area contributed by atoms with Crippen molar-refractivity contribution in [2.75, 3.05) is 44.8 Å². The van der Waals surface area contributed by atoms with E-state index in [1.54, 1.807) is 0 Å². The molecule has 1 heterocycles. The third-order valence-electron chi connectivity index (χ3n) is 3.32. The lowest BCUT2D eigenvalue weighted by molar-refractivity contribution is -0.133. The summed E-state index contributed by atoms with van der Waals surface area (Å²) in [4.78, 5) is 14.4. The van der Waals surface area contributed by atoms with Crippen molar-refractivity contribution in [1.29, 1.82) is 0 Å². The zero-order chi connectivity index (χ0) is 15.3. The van der Waals surface area contributed by atoms with Crippen molar-refractivity contribution >= 4 is 15.7 Å². The van der Waals surface area contributed by atoms with Gasteiger partial charge in [-0.1, -0.05) is 0 Å². The molecular formula is C11H20F2N2O4S. The fourth-order valence-corrected chi connectivity index (χ4v) is 3.93. The molecule has 9 heteroatoms. The number of rotatable bonds is 7. The van der Waals surface area contributed by atoms with E-state index in [-0.39, 0.29) is 31.2 Å². The maximum Gasteiger partial charge on any atom is 0.251 e. The van der Waals surface area contributed by atoms with E-state index in [1.165, 1.54) is 11.9 Å². The highest BCUT2D eigenvalue weighted by Crippen LogP contribution is 2.16. The van der Waals surface area contributed by atoms with Crippen molar-refractivity contribution < 1.29 is 27.1 Å². The van der Waals surface area contributed by atoms with Crippen LogP contribution in [-0.2, 0) is 14.6 Å². The molecule has 0 saturated carbocycles. The normalized spacial score (nSPS) is 21.6. The van der Waals surface area contributed by atoms with Crippen LogP contribution in [0.2, 0.25) is 0 Å². The summed E-state index contributed by atoms with van der Waals surface area (Å²) in [6, 6.07) is -0.393. The number of aliphatic hydroxyl groups excluding tert-OH is 1. The molecule has 1 unspecified atom stereocenters. The van der Waals surface area contributed by atoms with Crippen molar-refractivity contribution in [3.8, 4) is 0 Å². The first-order valence-electron chi connectivity index (χ1n) is 6.32. The third-order valence-corrected chi connectivity index (χ3v) is 5.07. The second-order valence-electron chi connectivity index (χ2n) is 4.91. The lowest BCUT2D eigenvalue weighted by Crippen LogP contribution is -2.45. The molecule has 0 aliphatic carbocycles. The quantitative estimate of drug-likeness (QED) is 0.665. The lowest BCUT2D eigenvalue weighted by atomic mass is 10.2. The van der Waals surface area contributed by atoms with Gasteiger partial charge in [0.15, 0.2) is 9.84 Å². The van der Waals surface area contributed by atoms with Crippen LogP contribution < -0.4 is 0 Å². The number of carbonyl (C=O) groups is 1. The van der Waals surface area contributed by atoms with Crippen LogP contribution in [0.4, 0.5) is 8.78 Å². The van der Waals surface area contributed by atoms with Crippen LogP contribution in [0.25, 0.3) is 0 Å². The number of amides is 1. The smallest absolute Gasteiger partial charge is 0.251 e. The van der Waals surface area contributed by atoms with E-state index in [0.717, 1.165) is 4.90 Å². The van der Waals surface area contributed by atoms with E-state index < -0.39 is 34.8 Å². The first-order valence-corrected chi connectivity index (χ1v) is 8.14. The predicted octanol–water partition coefficient (Wildman–Crippen LogP) is -0.809. The average Bonchev–Trinajstić information content (AvgIpc) is 2.68. The molecule has 1 saturated heterocycles. The van der Waals surface area contributed by atoms with E-state index in [0.29, 0.717) is 6.42 Å². The molecule has 20 heavy (non-hydrogen) atoms. The van der Waals surface area contributed by atoms with Gasteiger partial charge in [0.05, 0.1) is 31.2 Å². The summed E-state index contributed by atoms with van der Waals surface area (Å²) in [5.74, 6) is -0.447. The molecule has 1 aliphatic rings. The summed E-state index contributed by atoms with van der Waals surface area (Å²) in [5.41, 5.74) is 0. The number of nitrogens with zero attached hydrogens (tertiary/aromatic N) is 2. The summed E-state index contributed by atoms with van der Waals surface area (Å²) in [7, 11) is -1.62. The van der Waals surface area contributed by atoms with Gasteiger partial charge in [-0.05, 0) is 6.42 Å². The van der Waals surface area contributed by atoms with Crippen LogP contribution in [0.1, 0.15) is 6.42 Å². The highest BCUT2D eigenvalue weighted by atomic mass is 32.2. The number of hydrogen-bond acceptors (Lipinski definition) is 5. The Balaban J connectivity index is 2.55. The Bertz CT molecular complexity index is 430. The monoisotopic (exact) mass is 314 g/mol. The molecule has 1 fully saturated rings. The van der Waals surface area contributed by atoms with Gasteiger partial charge in [0, 0.05) is 19.6 Å². The fourth-order valence-electron chi connectivity index (χ4n) is 2.16. The standard InChI is InChI=1S/C11H20F2N2O4S/c1-14(9-2-5-20(18,19)8-9)11(17)7-15(3-4-16)6-10(12)13/h9-10,16H,2-8H2,1H3. The molecule has 0 radical (unpaired) electrons. The molecule has 1 rings (SSSR count). The summed E-state index contributed by atoms with van der Waals surface area (Å²) < 4.78 is 47.4. The van der Waals surface area contributed by atoms with E-state index in [9.17, 15) is 22.0 Å². The van der Waals surface area contributed by atoms with Crippen LogP contribution in [0.3, 0.4) is 0 Å². The van der Waals surface area contributed by atoms with E-state index >= 15 is 0 Å². The van der Waals surface area contributed by atoms with Crippen LogP contribution in [0.5, 0.6) is 0 Å². The molecule has 0 aromatic heterocycles. The molecule has 0 spiro atoms. The van der Waals surface area contributed by atoms with E-state index in [4.69, 9.17) is 5.11 Å². The highest BCUT2D eigenvalue weighted by molar-refractivity contribution is 7.91. The first kappa shape index (κ1) is 17.3. The first-order chi connectivity index (χ1) is 9.25. The fraction of sp³-hybridized carbons (Fsp3) is 0.909. The van der Waals surface area contributed by atoms with Crippen LogP contribution in [-0.4, -0.2) is 86.5 Å². The number of hydrogen-bond donors (Lipinski definition) is 1. The average molecular weight is 314 g/mol. The van der Waals surface area contributed by atoms with Gasteiger partial charge in [0.25, 0.3) is 6.43 Å². The van der Waals surface area contributed by atoms with Crippen molar-refractivity contribution in [3.05, 3.63) is 0 Å². The Morgan fingerprint density at radius 3 is 2.55 bits per heavy atom. The molecular weight excluding hydrogens is 294 g/mol. The second-order valence-corrected chi connectivity index (χ2v) is 7.14. The zero-order valence-electron chi connectivity index (χ0n) is 11.3. The zero-order valence-corrected chi connectivity index (χ0v) is 12.2. The number of alkyl halides is 2. The molecule has 1 aliphatic heterocycles. The van der Waals surface area contributed by atoms with Crippen LogP contribution in [0.15, 0.2) is 0 Å². The topological polar surface area (TPSA) is 77.9 Å². The Labute approximate surface area is 117 Å². The van der Waals surface area contributed by atoms with Gasteiger partial charge < -0.3 is 10.0 Å². The van der Waals surface area contributed by atoms with Crippen LogP contribution >= 0.6 is 0 Å². The van der Waals surface area contributed by atoms with Crippen molar-refractivity contribution in [2.24, 2.45) is 0 Å². The Hall–Kier alpha value is -0.800. The molecule has 1 amide bonds. The Morgan fingerprint density at radius 1 is 1.45 bits per heavy atom. The SMILES string of the molecule is CN(C(=O)CN(CCO)CC(F)F)C1CCS(=O)(=O)C1. The summed E-state index contributed by atoms with van der Waals surface area (Å²) in [6.45, 7) is -1.19. The molecule has 0 bridgehead atoms. The number of carbonyl (C=O) groups excluding carboxylic acids is 1. The number of likely N-dealkylation sites (N-methyl/N-ethyl adjacent to an activating group) is 1. The minimum atomic E-state index is -3.10. The summed E-state index contributed by atoms with van der Waals surface area (Å²) in [5, 5.41) is 8.79. The summed E-state index contributed by atoms with van der Waals surface area (Å²) in [6.07, 6.45) is -2.22. The molecule has 118 valence electrons. The Kier molecular flexibility index (Phi) is 6.28. The number of aliphatic hydroxyl groups is 1. The minimum Gasteiger partial charge on any atom is -0.395 e. The molecule has 1 atom stereocenters. The number of sulfone groups is 1. The third kappa shape index (κ3) is 5.29. The van der Waals surface area contributed by atoms with Crippen molar-refractivity contribution in [1.82, 2.24) is 9.80 Å². The van der Waals surface area contributed by atoms with Gasteiger partial charge in [-0.3, -0.25) is 9.69 Å². The highest BCUT2D eigenvalue weighted by Gasteiger charge is 2.33. The van der Waals surface area contributed by atoms with Gasteiger partial charge in [0.1, 0.15) is 0 Å². The molecule has 6 nitrogen and oxygen atoms in total. The second kappa shape index (κ2) is 7.28. The van der Waals surface area contributed by atoms with Gasteiger partial charge >= 0.3 is 0 Å². The Morgan fingerprint density at radius 2 is 2.10 bits per heavy atom.